The van der Waals surface area contributed by atoms with Crippen LogP contribution in [0.15, 0.2) is 12.2 Å². The van der Waals surface area contributed by atoms with Crippen molar-refractivity contribution in [3.8, 4) is 0 Å². The maximum absolute atomic E-state index is 11.7. The fourth-order valence-electron chi connectivity index (χ4n) is 3.29. The lowest BCUT2D eigenvalue weighted by atomic mass is 10.1. The number of likely N-dealkylation sites (N-methyl/N-ethyl adjacent to an activating group) is 1. The Kier molecular flexibility index (Phi) is 22.6. The maximum atomic E-state index is 11.7. The highest BCUT2D eigenvalue weighted by atomic mass is 16.6. The van der Waals surface area contributed by atoms with Gasteiger partial charge in [-0.1, -0.05) is 70.4 Å². The van der Waals surface area contributed by atoms with Crippen LogP contribution in [0.25, 0.3) is 0 Å². The van der Waals surface area contributed by atoms with E-state index in [4.69, 9.17) is 14.2 Å². The predicted molar refractivity (Wildman–Crippen MR) is 135 cm³/mol. The second-order valence-electron chi connectivity index (χ2n) is 9.79. The molecule has 0 atom stereocenters. The van der Waals surface area contributed by atoms with E-state index in [-0.39, 0.29) is 5.97 Å². The lowest BCUT2D eigenvalue weighted by Gasteiger charge is -2.23. The van der Waals surface area contributed by atoms with Gasteiger partial charge in [0.05, 0.1) is 47.6 Å². The van der Waals surface area contributed by atoms with Crippen LogP contribution in [0, 0.1) is 0 Å². The molecule has 0 spiro atoms. The molecule has 5 nitrogen and oxygen atoms in total. The molecule has 0 fully saturated rings. The summed E-state index contributed by atoms with van der Waals surface area (Å²) in [6, 6.07) is 0. The number of hydrogen-bond donors (Lipinski definition) is 0. The number of allylic oxidation sites excluding steroid dienone is 2. The third-order valence-corrected chi connectivity index (χ3v) is 5.41. The Bertz CT molecular complexity index is 432. The average molecular weight is 457 g/mol. The number of esters is 1. The molecule has 0 saturated carbocycles. The molecule has 0 radical (unpaired) electrons. The van der Waals surface area contributed by atoms with Gasteiger partial charge in [-0.3, -0.25) is 4.79 Å². The largest absolute Gasteiger partial charge is 0.463 e. The first-order chi connectivity index (χ1) is 15.5. The molecule has 0 saturated heterocycles. The van der Waals surface area contributed by atoms with Gasteiger partial charge in [0, 0.05) is 6.42 Å². The number of rotatable bonds is 24. The second kappa shape index (κ2) is 23.3. The summed E-state index contributed by atoms with van der Waals surface area (Å²) in [5.41, 5.74) is 0. The highest BCUT2D eigenvalue weighted by molar-refractivity contribution is 5.69. The van der Waals surface area contributed by atoms with Gasteiger partial charge in [-0.05, 0) is 32.1 Å². The van der Waals surface area contributed by atoms with Gasteiger partial charge in [0.15, 0.2) is 0 Å². The summed E-state index contributed by atoms with van der Waals surface area (Å²) in [6.07, 6.45) is 21.6. The van der Waals surface area contributed by atoms with Crippen molar-refractivity contribution in [2.45, 2.75) is 96.8 Å². The van der Waals surface area contributed by atoms with Gasteiger partial charge in [0.1, 0.15) is 13.2 Å². The van der Waals surface area contributed by atoms with Gasteiger partial charge in [0.2, 0.25) is 0 Å². The van der Waals surface area contributed by atoms with E-state index >= 15 is 0 Å². The summed E-state index contributed by atoms with van der Waals surface area (Å²) in [5, 5.41) is 0. The Morgan fingerprint density at radius 1 is 0.656 bits per heavy atom. The lowest BCUT2D eigenvalue weighted by molar-refractivity contribution is -0.870. The fourth-order valence-corrected chi connectivity index (χ4v) is 3.29. The van der Waals surface area contributed by atoms with Crippen LogP contribution in [-0.2, 0) is 19.0 Å². The van der Waals surface area contributed by atoms with Crippen LogP contribution < -0.4 is 0 Å². The van der Waals surface area contributed by atoms with Gasteiger partial charge in [-0.25, -0.2) is 0 Å². The van der Waals surface area contributed by atoms with E-state index in [2.05, 4.69) is 40.2 Å². The smallest absolute Gasteiger partial charge is 0.305 e. The van der Waals surface area contributed by atoms with Crippen LogP contribution in [0.4, 0.5) is 0 Å². The molecule has 0 aromatic rings. The van der Waals surface area contributed by atoms with Crippen molar-refractivity contribution in [3.63, 3.8) is 0 Å². The van der Waals surface area contributed by atoms with E-state index in [9.17, 15) is 4.79 Å². The topological polar surface area (TPSA) is 44.8 Å². The minimum absolute atomic E-state index is 0.106. The molecule has 0 aliphatic heterocycles. The first kappa shape index (κ1) is 31.1. The molecular formula is C27H54NO4+. The molecule has 0 aliphatic rings. The Balaban J connectivity index is 3.24. The summed E-state index contributed by atoms with van der Waals surface area (Å²) < 4.78 is 17.1. The van der Waals surface area contributed by atoms with E-state index in [1.54, 1.807) is 0 Å². The lowest BCUT2D eigenvalue weighted by Crippen LogP contribution is -2.37. The SMILES string of the molecule is CCCCCCCCC=CCCCCCCCC(=O)OCCOCCOCC[N+](C)(C)C. The number of hydrogen-bond acceptors (Lipinski definition) is 4. The van der Waals surface area contributed by atoms with Gasteiger partial charge in [-0.2, -0.15) is 0 Å². The number of carbonyl (C=O) groups excluding carboxylic acids is 1. The molecule has 0 aliphatic carbocycles. The molecule has 0 bridgehead atoms. The van der Waals surface area contributed by atoms with Crippen molar-refractivity contribution in [1.82, 2.24) is 0 Å². The minimum atomic E-state index is -0.106. The summed E-state index contributed by atoms with van der Waals surface area (Å²) in [4.78, 5) is 11.7. The van der Waals surface area contributed by atoms with Crippen molar-refractivity contribution < 1.29 is 23.5 Å². The molecule has 0 N–H and O–H groups in total. The van der Waals surface area contributed by atoms with Crippen LogP contribution in [0.2, 0.25) is 0 Å². The molecule has 32 heavy (non-hydrogen) atoms. The second-order valence-corrected chi connectivity index (χ2v) is 9.79. The van der Waals surface area contributed by atoms with Crippen molar-refractivity contribution in [3.05, 3.63) is 12.2 Å². The van der Waals surface area contributed by atoms with E-state index in [1.165, 1.54) is 70.6 Å². The third kappa shape index (κ3) is 27.1. The normalized spacial score (nSPS) is 12.0. The predicted octanol–water partition coefficient (Wildman–Crippen LogP) is 6.31. The number of carbonyl (C=O) groups is 1. The zero-order chi connectivity index (χ0) is 23.8. The minimum Gasteiger partial charge on any atom is -0.463 e. The molecule has 0 amide bonds. The van der Waals surface area contributed by atoms with Gasteiger partial charge in [-0.15, -0.1) is 0 Å². The van der Waals surface area contributed by atoms with Crippen molar-refractivity contribution in [2.75, 3.05) is 60.7 Å². The Morgan fingerprint density at radius 3 is 1.75 bits per heavy atom. The number of ether oxygens (including phenoxy) is 3. The number of quaternary nitrogens is 1. The Hall–Kier alpha value is -0.910. The molecule has 190 valence electrons. The van der Waals surface area contributed by atoms with E-state index < -0.39 is 0 Å². The molecule has 0 rings (SSSR count). The van der Waals surface area contributed by atoms with Crippen LogP contribution in [0.3, 0.4) is 0 Å². The average Bonchev–Trinajstić information content (AvgIpc) is 2.74. The van der Waals surface area contributed by atoms with Crippen LogP contribution >= 0.6 is 0 Å². The summed E-state index contributed by atoms with van der Waals surface area (Å²) in [7, 11) is 6.43. The van der Waals surface area contributed by atoms with Crippen LogP contribution in [0.1, 0.15) is 96.8 Å². The monoisotopic (exact) mass is 456 g/mol. The van der Waals surface area contributed by atoms with Gasteiger partial charge in [0.25, 0.3) is 0 Å². The zero-order valence-corrected chi connectivity index (χ0v) is 21.9. The van der Waals surface area contributed by atoms with Crippen molar-refractivity contribution in [1.29, 1.82) is 0 Å². The Labute approximate surface area is 199 Å². The highest BCUT2D eigenvalue weighted by Crippen LogP contribution is 2.10. The fraction of sp³-hybridized carbons (Fsp3) is 0.889. The molecular weight excluding hydrogens is 402 g/mol. The van der Waals surface area contributed by atoms with E-state index in [0.29, 0.717) is 32.8 Å². The summed E-state index contributed by atoms with van der Waals surface area (Å²) in [5.74, 6) is -0.106. The summed E-state index contributed by atoms with van der Waals surface area (Å²) >= 11 is 0. The standard InChI is InChI=1S/C27H54NO4/c1-5-6-7-8-9-10-11-12-13-14-15-16-17-18-19-20-27(29)32-26-25-31-24-23-30-22-21-28(2,3)4/h12-13H,5-11,14-26H2,1-4H3/q+1. The van der Waals surface area contributed by atoms with Gasteiger partial charge >= 0.3 is 5.97 Å². The Morgan fingerprint density at radius 2 is 1.16 bits per heavy atom. The highest BCUT2D eigenvalue weighted by Gasteiger charge is 2.05. The first-order valence-corrected chi connectivity index (χ1v) is 13.2. The molecule has 0 aromatic carbocycles. The van der Waals surface area contributed by atoms with E-state index in [0.717, 1.165) is 30.5 Å². The van der Waals surface area contributed by atoms with Crippen molar-refractivity contribution >= 4 is 5.97 Å². The number of nitrogens with zero attached hydrogens (tertiary/aromatic N) is 1. The van der Waals surface area contributed by atoms with E-state index in [1.807, 2.05) is 0 Å². The number of unbranched alkanes of at least 4 members (excludes halogenated alkanes) is 11. The molecule has 0 unspecified atom stereocenters. The maximum Gasteiger partial charge on any atom is 0.305 e. The quantitative estimate of drug-likeness (QED) is 0.0739. The molecule has 0 aromatic heterocycles. The van der Waals surface area contributed by atoms with Gasteiger partial charge < -0.3 is 18.7 Å². The third-order valence-electron chi connectivity index (χ3n) is 5.41. The summed E-state index contributed by atoms with van der Waals surface area (Å²) in [6.45, 7) is 5.89. The van der Waals surface area contributed by atoms with Crippen LogP contribution in [-0.4, -0.2) is 71.2 Å². The van der Waals surface area contributed by atoms with Crippen molar-refractivity contribution in [2.24, 2.45) is 0 Å². The van der Waals surface area contributed by atoms with Crippen LogP contribution in [0.5, 0.6) is 0 Å². The molecule has 0 heterocycles. The zero-order valence-electron chi connectivity index (χ0n) is 21.9. The first-order valence-electron chi connectivity index (χ1n) is 13.2. The molecule has 5 heteroatoms.